The molecule has 0 aliphatic rings. The lowest BCUT2D eigenvalue weighted by molar-refractivity contribution is -0.114. The smallest absolute Gasteiger partial charge is 0.243 e. The minimum Gasteiger partial charge on any atom is -0.455 e. The number of hydrogen-bond donors (Lipinski definition) is 2. The van der Waals surface area contributed by atoms with Crippen molar-refractivity contribution in [2.45, 2.75) is 0 Å². The summed E-state index contributed by atoms with van der Waals surface area (Å²) in [6.07, 6.45) is 0. The maximum absolute atomic E-state index is 13.2. The number of nitrogens with one attached hydrogen (secondary N) is 2. The van der Waals surface area contributed by atoms with Gasteiger partial charge in [-0.1, -0.05) is 41.9 Å². The van der Waals surface area contributed by atoms with Crippen molar-refractivity contribution >= 4 is 28.9 Å². The molecular weight excluding hydrogens is 355 g/mol. The topological polar surface area (TPSA) is 50.4 Å². The van der Waals surface area contributed by atoms with E-state index >= 15 is 0 Å². The summed E-state index contributed by atoms with van der Waals surface area (Å²) in [4.78, 5) is 12.2. The summed E-state index contributed by atoms with van der Waals surface area (Å²) in [5.41, 5.74) is 1.11. The van der Waals surface area contributed by atoms with Crippen molar-refractivity contribution in [1.82, 2.24) is 0 Å². The number of ether oxygens (including phenoxy) is 1. The molecule has 3 aromatic carbocycles. The van der Waals surface area contributed by atoms with E-state index in [4.69, 9.17) is 16.3 Å². The molecule has 0 aliphatic heterocycles. The normalized spacial score (nSPS) is 10.2. The highest BCUT2D eigenvalue weighted by molar-refractivity contribution is 6.31. The number of carbonyl (C=O) groups is 1. The summed E-state index contributed by atoms with van der Waals surface area (Å²) in [7, 11) is 0. The van der Waals surface area contributed by atoms with Crippen LogP contribution >= 0.6 is 11.6 Å². The van der Waals surface area contributed by atoms with Crippen LogP contribution < -0.4 is 15.4 Å². The first-order valence-electron chi connectivity index (χ1n) is 7.92. The van der Waals surface area contributed by atoms with E-state index in [9.17, 15) is 9.18 Å². The van der Waals surface area contributed by atoms with Crippen molar-refractivity contribution < 1.29 is 13.9 Å². The molecule has 6 heteroatoms. The van der Waals surface area contributed by atoms with Crippen LogP contribution in [0.3, 0.4) is 0 Å². The van der Waals surface area contributed by atoms with E-state index in [1.54, 1.807) is 18.2 Å². The molecule has 0 saturated heterocycles. The molecular formula is C20H16ClFN2O2. The molecule has 2 N–H and O–H groups in total. The number of rotatable bonds is 6. The summed E-state index contributed by atoms with van der Waals surface area (Å²) in [5.74, 6) is 0.438. The van der Waals surface area contributed by atoms with E-state index in [0.29, 0.717) is 22.9 Å². The fraction of sp³-hybridized carbons (Fsp3) is 0.0500. The molecule has 0 radical (unpaired) electrons. The average molecular weight is 371 g/mol. The van der Waals surface area contributed by atoms with E-state index in [0.717, 1.165) is 0 Å². The minimum atomic E-state index is -0.506. The first-order chi connectivity index (χ1) is 12.6. The van der Waals surface area contributed by atoms with Crippen LogP contribution in [-0.4, -0.2) is 12.5 Å². The van der Waals surface area contributed by atoms with Crippen molar-refractivity contribution in [3.63, 3.8) is 0 Å². The van der Waals surface area contributed by atoms with E-state index in [2.05, 4.69) is 10.6 Å². The molecule has 4 nitrogen and oxygen atoms in total. The second kappa shape index (κ2) is 8.36. The van der Waals surface area contributed by atoms with Crippen molar-refractivity contribution in [3.8, 4) is 11.5 Å². The average Bonchev–Trinajstić information content (AvgIpc) is 2.65. The van der Waals surface area contributed by atoms with Crippen LogP contribution in [0, 0.1) is 5.82 Å². The number of benzene rings is 3. The number of para-hydroxylation sites is 3. The van der Waals surface area contributed by atoms with Crippen molar-refractivity contribution in [1.29, 1.82) is 0 Å². The van der Waals surface area contributed by atoms with E-state index in [1.165, 1.54) is 18.2 Å². The van der Waals surface area contributed by atoms with Gasteiger partial charge in [-0.25, -0.2) is 4.39 Å². The lowest BCUT2D eigenvalue weighted by atomic mass is 10.2. The van der Waals surface area contributed by atoms with Gasteiger partial charge in [0.05, 0.1) is 17.3 Å². The summed E-state index contributed by atoms with van der Waals surface area (Å²) < 4.78 is 19.0. The van der Waals surface area contributed by atoms with Gasteiger partial charge in [0.2, 0.25) is 5.91 Å². The van der Waals surface area contributed by atoms with Crippen molar-refractivity contribution in [2.75, 3.05) is 17.2 Å². The van der Waals surface area contributed by atoms with Crippen LogP contribution in [0.25, 0.3) is 0 Å². The van der Waals surface area contributed by atoms with Crippen molar-refractivity contribution in [2.24, 2.45) is 0 Å². The lowest BCUT2D eigenvalue weighted by Crippen LogP contribution is -2.22. The quantitative estimate of drug-likeness (QED) is 0.617. The molecule has 1 amide bonds. The molecule has 0 spiro atoms. The van der Waals surface area contributed by atoms with Gasteiger partial charge in [-0.15, -0.1) is 0 Å². The maximum atomic E-state index is 13.2. The summed E-state index contributed by atoms with van der Waals surface area (Å²) in [5, 5.41) is 5.69. The molecule has 0 unspecified atom stereocenters. The van der Waals surface area contributed by atoms with Gasteiger partial charge in [0.25, 0.3) is 0 Å². The second-order valence-electron chi connectivity index (χ2n) is 5.44. The zero-order chi connectivity index (χ0) is 18.4. The fourth-order valence-corrected chi connectivity index (χ4v) is 2.44. The standard InChI is InChI=1S/C20H16ClFN2O2/c21-16-12-14(10-11-17(16)22)23-13-20(25)24-18-8-4-5-9-19(18)26-15-6-2-1-3-7-15/h1-12,23H,13H2,(H,24,25). The third-order valence-corrected chi connectivity index (χ3v) is 3.79. The predicted octanol–water partition coefficient (Wildman–Crippen LogP) is 5.32. The Balaban J connectivity index is 1.63. The monoisotopic (exact) mass is 370 g/mol. The maximum Gasteiger partial charge on any atom is 0.243 e. The molecule has 0 fully saturated rings. The molecule has 0 aromatic heterocycles. The Bertz CT molecular complexity index is 903. The number of anilines is 2. The van der Waals surface area contributed by atoms with Gasteiger partial charge in [-0.3, -0.25) is 4.79 Å². The molecule has 0 aliphatic carbocycles. The third kappa shape index (κ3) is 4.74. The van der Waals surface area contributed by atoms with Gasteiger partial charge in [0.15, 0.2) is 5.75 Å². The first kappa shape index (κ1) is 17.8. The van der Waals surface area contributed by atoms with Gasteiger partial charge < -0.3 is 15.4 Å². The highest BCUT2D eigenvalue weighted by Gasteiger charge is 2.09. The number of carbonyl (C=O) groups excluding carboxylic acids is 1. The van der Waals surface area contributed by atoms with Gasteiger partial charge in [-0.2, -0.15) is 0 Å². The Hall–Kier alpha value is -3.05. The van der Waals surface area contributed by atoms with Crippen LogP contribution in [0.5, 0.6) is 11.5 Å². The summed E-state index contributed by atoms with van der Waals surface area (Å²) in [6, 6.07) is 20.6. The molecule has 0 atom stereocenters. The Morgan fingerprint density at radius 1 is 1.00 bits per heavy atom. The van der Waals surface area contributed by atoms with Gasteiger partial charge in [-0.05, 0) is 42.5 Å². The summed E-state index contributed by atoms with van der Waals surface area (Å²) in [6.45, 7) is 0.00162. The van der Waals surface area contributed by atoms with Crippen LogP contribution in [0.2, 0.25) is 5.02 Å². The van der Waals surface area contributed by atoms with E-state index < -0.39 is 5.82 Å². The number of halogens is 2. The highest BCUT2D eigenvalue weighted by Crippen LogP contribution is 2.29. The molecule has 0 saturated carbocycles. The van der Waals surface area contributed by atoms with Gasteiger partial charge >= 0.3 is 0 Å². The highest BCUT2D eigenvalue weighted by atomic mass is 35.5. The van der Waals surface area contributed by atoms with Crippen molar-refractivity contribution in [3.05, 3.63) is 83.6 Å². The summed E-state index contributed by atoms with van der Waals surface area (Å²) >= 11 is 5.72. The minimum absolute atomic E-state index is 0.00162. The van der Waals surface area contributed by atoms with Gasteiger partial charge in [0.1, 0.15) is 11.6 Å². The van der Waals surface area contributed by atoms with Crippen LogP contribution in [-0.2, 0) is 4.79 Å². The van der Waals surface area contributed by atoms with Gasteiger partial charge in [0, 0.05) is 5.69 Å². The lowest BCUT2D eigenvalue weighted by Gasteiger charge is -2.13. The molecule has 132 valence electrons. The van der Waals surface area contributed by atoms with Crippen LogP contribution in [0.1, 0.15) is 0 Å². The zero-order valence-corrected chi connectivity index (χ0v) is 14.5. The number of hydrogen-bond acceptors (Lipinski definition) is 3. The molecule has 0 heterocycles. The Morgan fingerprint density at radius 2 is 1.73 bits per heavy atom. The SMILES string of the molecule is O=C(CNc1ccc(F)c(Cl)c1)Nc1ccccc1Oc1ccccc1. The molecule has 26 heavy (non-hydrogen) atoms. The Morgan fingerprint density at radius 3 is 2.50 bits per heavy atom. The zero-order valence-electron chi connectivity index (χ0n) is 13.7. The predicted molar refractivity (Wildman–Crippen MR) is 101 cm³/mol. The van der Waals surface area contributed by atoms with Crippen LogP contribution in [0.4, 0.5) is 15.8 Å². The number of amides is 1. The van der Waals surface area contributed by atoms with E-state index in [1.807, 2.05) is 36.4 Å². The Kier molecular flexibility index (Phi) is 5.71. The van der Waals surface area contributed by atoms with E-state index in [-0.39, 0.29) is 17.5 Å². The Labute approximate surface area is 155 Å². The largest absolute Gasteiger partial charge is 0.455 e. The first-order valence-corrected chi connectivity index (χ1v) is 8.30. The van der Waals surface area contributed by atoms with Crippen LogP contribution in [0.15, 0.2) is 72.8 Å². The second-order valence-corrected chi connectivity index (χ2v) is 5.85. The third-order valence-electron chi connectivity index (χ3n) is 3.50. The molecule has 0 bridgehead atoms. The fourth-order valence-electron chi connectivity index (χ4n) is 2.26. The molecule has 3 aromatic rings. The molecule has 3 rings (SSSR count).